The van der Waals surface area contributed by atoms with E-state index in [9.17, 15) is 0 Å². The van der Waals surface area contributed by atoms with Crippen molar-refractivity contribution in [1.82, 2.24) is 14.9 Å². The van der Waals surface area contributed by atoms with Crippen molar-refractivity contribution in [3.8, 4) is 5.88 Å². The molecule has 0 unspecified atom stereocenters. The largest absolute Gasteiger partial charge is 0.476 e. The average Bonchev–Trinajstić information content (AvgIpc) is 2.37. The molecule has 3 N–H and O–H groups in total. The third-order valence-corrected chi connectivity index (χ3v) is 2.94. The first-order valence-electron chi connectivity index (χ1n) is 7.45. The van der Waals surface area contributed by atoms with Gasteiger partial charge in [-0.25, -0.2) is 4.98 Å². The summed E-state index contributed by atoms with van der Waals surface area (Å²) < 4.78 is 5.53. The Bertz CT molecular complexity index is 454. The van der Waals surface area contributed by atoms with Gasteiger partial charge in [-0.15, -0.1) is 0 Å². The van der Waals surface area contributed by atoms with Crippen molar-refractivity contribution in [2.75, 3.05) is 44.8 Å². The topological polar surface area (TPSA) is 76.3 Å². The van der Waals surface area contributed by atoms with Crippen LogP contribution in [0.25, 0.3) is 0 Å². The number of ether oxygens (including phenoxy) is 1. The lowest BCUT2D eigenvalue weighted by Gasteiger charge is -2.20. The van der Waals surface area contributed by atoms with Crippen molar-refractivity contribution in [3.63, 3.8) is 0 Å². The van der Waals surface area contributed by atoms with Crippen molar-refractivity contribution in [3.05, 3.63) is 5.82 Å². The Labute approximate surface area is 128 Å². The van der Waals surface area contributed by atoms with Crippen LogP contribution in [0.2, 0.25) is 0 Å². The molecule has 0 spiro atoms. The van der Waals surface area contributed by atoms with Crippen molar-refractivity contribution in [2.45, 2.75) is 39.5 Å². The number of rotatable bonds is 7. The zero-order valence-corrected chi connectivity index (χ0v) is 14.2. The van der Waals surface area contributed by atoms with Crippen LogP contribution in [0.5, 0.6) is 5.88 Å². The first-order chi connectivity index (χ1) is 9.75. The van der Waals surface area contributed by atoms with E-state index in [0.717, 1.165) is 25.3 Å². The Hall–Kier alpha value is -1.56. The molecule has 1 rings (SSSR count). The molecule has 0 aliphatic rings. The molecular weight excluding hydrogens is 266 g/mol. The second kappa shape index (κ2) is 7.45. The van der Waals surface area contributed by atoms with Gasteiger partial charge in [-0.05, 0) is 34.0 Å². The van der Waals surface area contributed by atoms with Crippen LogP contribution in [-0.4, -0.2) is 48.7 Å². The highest BCUT2D eigenvalue weighted by molar-refractivity contribution is 5.67. The molecule has 0 aliphatic heterocycles. The molecule has 1 aromatic heterocycles. The minimum Gasteiger partial charge on any atom is -0.476 e. The number of nitrogens with zero attached hydrogens (tertiary/aromatic N) is 3. The second-order valence-electron chi connectivity index (χ2n) is 6.38. The molecular formula is C15H29N5O. The first-order valence-corrected chi connectivity index (χ1v) is 7.45. The summed E-state index contributed by atoms with van der Waals surface area (Å²) in [4.78, 5) is 11.2. The zero-order valence-electron chi connectivity index (χ0n) is 14.2. The van der Waals surface area contributed by atoms with Gasteiger partial charge in [-0.2, -0.15) is 4.98 Å². The number of aromatic nitrogens is 2. The van der Waals surface area contributed by atoms with Gasteiger partial charge in [0.25, 0.3) is 0 Å². The molecule has 6 heteroatoms. The molecule has 21 heavy (non-hydrogen) atoms. The number of hydrogen-bond acceptors (Lipinski definition) is 6. The fourth-order valence-corrected chi connectivity index (χ4v) is 1.77. The summed E-state index contributed by atoms with van der Waals surface area (Å²) in [6.07, 6.45) is 1.02. The van der Waals surface area contributed by atoms with E-state index in [-0.39, 0.29) is 5.41 Å². The van der Waals surface area contributed by atoms with E-state index >= 15 is 0 Å². The minimum absolute atomic E-state index is 0.153. The van der Waals surface area contributed by atoms with E-state index in [2.05, 4.69) is 55.1 Å². The highest BCUT2D eigenvalue weighted by atomic mass is 16.5. The van der Waals surface area contributed by atoms with Gasteiger partial charge >= 0.3 is 0 Å². The second-order valence-corrected chi connectivity index (χ2v) is 6.38. The van der Waals surface area contributed by atoms with Gasteiger partial charge in [-0.1, -0.05) is 20.8 Å². The molecule has 0 atom stereocenters. The Morgan fingerprint density at radius 1 is 1.24 bits per heavy atom. The van der Waals surface area contributed by atoms with Crippen molar-refractivity contribution < 1.29 is 4.74 Å². The van der Waals surface area contributed by atoms with E-state index in [1.54, 1.807) is 0 Å². The average molecular weight is 295 g/mol. The van der Waals surface area contributed by atoms with Crippen LogP contribution in [0.1, 0.15) is 39.9 Å². The molecule has 0 bridgehead atoms. The highest BCUT2D eigenvalue weighted by Gasteiger charge is 2.22. The van der Waals surface area contributed by atoms with Crippen molar-refractivity contribution in [1.29, 1.82) is 0 Å². The van der Waals surface area contributed by atoms with E-state index < -0.39 is 0 Å². The monoisotopic (exact) mass is 295 g/mol. The minimum atomic E-state index is -0.153. The Kier molecular flexibility index (Phi) is 6.20. The van der Waals surface area contributed by atoms with Crippen LogP contribution in [-0.2, 0) is 5.41 Å². The Morgan fingerprint density at radius 2 is 1.90 bits per heavy atom. The Morgan fingerprint density at radius 3 is 2.43 bits per heavy atom. The molecule has 0 saturated carbocycles. The van der Waals surface area contributed by atoms with Gasteiger partial charge in [0.05, 0.1) is 6.61 Å². The maximum atomic E-state index is 6.10. The first kappa shape index (κ1) is 17.5. The summed E-state index contributed by atoms with van der Waals surface area (Å²) in [7, 11) is 4.12. The number of nitrogen functional groups attached to an aromatic ring is 1. The molecule has 120 valence electrons. The number of hydrogen-bond donors (Lipinski definition) is 2. The van der Waals surface area contributed by atoms with Crippen LogP contribution >= 0.6 is 0 Å². The fraction of sp³-hybridized carbons (Fsp3) is 0.733. The third-order valence-electron chi connectivity index (χ3n) is 2.94. The van der Waals surface area contributed by atoms with Gasteiger partial charge in [0, 0.05) is 12.0 Å². The van der Waals surface area contributed by atoms with Gasteiger partial charge in [-0.3, -0.25) is 0 Å². The molecule has 0 amide bonds. The molecule has 0 aliphatic carbocycles. The van der Waals surface area contributed by atoms with Crippen LogP contribution in [0.15, 0.2) is 0 Å². The fourth-order valence-electron chi connectivity index (χ4n) is 1.77. The van der Waals surface area contributed by atoms with Gasteiger partial charge < -0.3 is 20.7 Å². The number of anilines is 2. The number of nitrogens with two attached hydrogens (primary N) is 1. The highest BCUT2D eigenvalue weighted by Crippen LogP contribution is 2.30. The molecule has 1 heterocycles. The van der Waals surface area contributed by atoms with E-state index in [0.29, 0.717) is 24.0 Å². The summed E-state index contributed by atoms with van der Waals surface area (Å²) in [5, 5.41) is 3.30. The summed E-state index contributed by atoms with van der Waals surface area (Å²) in [6, 6.07) is 0. The van der Waals surface area contributed by atoms with Gasteiger partial charge in [0.1, 0.15) is 11.5 Å². The quantitative estimate of drug-likeness (QED) is 0.750. The van der Waals surface area contributed by atoms with Gasteiger partial charge in [0.2, 0.25) is 5.88 Å². The summed E-state index contributed by atoms with van der Waals surface area (Å²) in [5.74, 6) is 1.86. The molecule has 0 fully saturated rings. The Balaban J connectivity index is 2.92. The summed E-state index contributed by atoms with van der Waals surface area (Å²) >= 11 is 0. The van der Waals surface area contributed by atoms with Crippen LogP contribution < -0.4 is 15.8 Å². The normalized spacial score (nSPS) is 11.8. The maximum Gasteiger partial charge on any atom is 0.242 e. The lowest BCUT2D eigenvalue weighted by atomic mass is 9.96. The molecule has 0 radical (unpaired) electrons. The van der Waals surface area contributed by atoms with E-state index in [1.807, 2.05) is 6.92 Å². The zero-order chi connectivity index (χ0) is 16.0. The summed E-state index contributed by atoms with van der Waals surface area (Å²) in [5.41, 5.74) is 6.43. The lowest BCUT2D eigenvalue weighted by molar-refractivity contribution is 0.324. The summed E-state index contributed by atoms with van der Waals surface area (Å²) in [6.45, 7) is 10.5. The van der Waals surface area contributed by atoms with Crippen molar-refractivity contribution in [2.24, 2.45) is 0 Å². The van der Waals surface area contributed by atoms with Crippen LogP contribution in [0, 0.1) is 0 Å². The lowest BCUT2D eigenvalue weighted by Crippen LogP contribution is -2.21. The van der Waals surface area contributed by atoms with Crippen molar-refractivity contribution >= 4 is 11.5 Å². The standard InChI is InChI=1S/C15H29N5O/c1-7-21-13-11(16)12(17-9-8-10-20(5)6)18-14(19-13)15(2,3)4/h7-10,16H2,1-6H3,(H,17,18,19). The SMILES string of the molecule is CCOc1nc(C(C)(C)C)nc(NCCCN(C)C)c1N. The van der Waals surface area contributed by atoms with E-state index in [4.69, 9.17) is 10.5 Å². The smallest absolute Gasteiger partial charge is 0.242 e. The van der Waals surface area contributed by atoms with Crippen LogP contribution in [0.3, 0.4) is 0 Å². The molecule has 0 aromatic carbocycles. The van der Waals surface area contributed by atoms with Crippen LogP contribution in [0.4, 0.5) is 11.5 Å². The van der Waals surface area contributed by atoms with Gasteiger partial charge in [0.15, 0.2) is 5.82 Å². The predicted molar refractivity (Wildman–Crippen MR) is 88.0 cm³/mol. The maximum absolute atomic E-state index is 6.10. The molecule has 1 aromatic rings. The van der Waals surface area contributed by atoms with E-state index in [1.165, 1.54) is 0 Å². The predicted octanol–water partition coefficient (Wildman–Crippen LogP) is 2.12. The molecule has 6 nitrogen and oxygen atoms in total. The number of nitrogens with one attached hydrogen (secondary N) is 1. The third kappa shape index (κ3) is 5.38. The molecule has 0 saturated heterocycles.